The van der Waals surface area contributed by atoms with Gasteiger partial charge in [0.15, 0.2) is 0 Å². The first-order valence-corrected chi connectivity index (χ1v) is 4.19. The van der Waals surface area contributed by atoms with Crippen molar-refractivity contribution in [1.29, 1.82) is 0 Å². The lowest BCUT2D eigenvalue weighted by atomic mass is 9.96. The minimum atomic E-state index is 0.858. The Kier molecular flexibility index (Phi) is 5.06. The molecule has 1 rings (SSSR count). The van der Waals surface area contributed by atoms with E-state index in [0.29, 0.717) is 0 Å². The lowest BCUT2D eigenvalue weighted by Crippen LogP contribution is -1.95. The van der Waals surface area contributed by atoms with E-state index in [9.17, 15) is 0 Å². The quantitative estimate of drug-likeness (QED) is 0.449. The summed E-state index contributed by atoms with van der Waals surface area (Å²) in [5.74, 6) is 0.858. The zero-order chi connectivity index (χ0) is 7.98. The summed E-state index contributed by atoms with van der Waals surface area (Å²) in [6, 6.07) is 0. The highest BCUT2D eigenvalue weighted by atomic mass is 14.1. The molecule has 1 aliphatic carbocycles. The lowest BCUT2D eigenvalue weighted by molar-refractivity contribution is 0.577. The number of hydrogen-bond acceptors (Lipinski definition) is 0. The van der Waals surface area contributed by atoms with Crippen LogP contribution in [0.1, 0.15) is 40.5 Å². The molecule has 1 atom stereocenters. The van der Waals surface area contributed by atoms with Crippen LogP contribution in [0.3, 0.4) is 0 Å². The van der Waals surface area contributed by atoms with Crippen molar-refractivity contribution in [3.63, 3.8) is 0 Å². The maximum atomic E-state index is 3.20. The molecule has 0 aliphatic heterocycles. The maximum absolute atomic E-state index is 3.20. The number of hydrogen-bond donors (Lipinski definition) is 0. The lowest BCUT2D eigenvalue weighted by Gasteiger charge is -2.09. The zero-order valence-electron chi connectivity index (χ0n) is 7.57. The largest absolute Gasteiger partial charge is 0.126 e. The molecule has 0 heteroatoms. The van der Waals surface area contributed by atoms with Gasteiger partial charge in [-0.2, -0.15) is 0 Å². The topological polar surface area (TPSA) is 0 Å². The third kappa shape index (κ3) is 3.53. The Balaban J connectivity index is 0.000000371. The van der Waals surface area contributed by atoms with Crippen molar-refractivity contribution in [2.75, 3.05) is 0 Å². The minimum Gasteiger partial charge on any atom is -0.126 e. The molecule has 0 aromatic carbocycles. The summed E-state index contributed by atoms with van der Waals surface area (Å²) in [6.45, 7) is 8.42. The smallest absolute Gasteiger partial charge is 0.0218 e. The van der Waals surface area contributed by atoms with Crippen LogP contribution in [0.2, 0.25) is 0 Å². The van der Waals surface area contributed by atoms with Crippen LogP contribution in [0.25, 0.3) is 0 Å². The van der Waals surface area contributed by atoms with Crippen LogP contribution >= 0.6 is 0 Å². The summed E-state index contributed by atoms with van der Waals surface area (Å²) >= 11 is 0. The average molecular weight is 138 g/mol. The van der Waals surface area contributed by atoms with E-state index in [4.69, 9.17) is 0 Å². The Morgan fingerprint density at radius 1 is 1.50 bits per heavy atom. The van der Waals surface area contributed by atoms with Crippen molar-refractivity contribution in [3.8, 4) is 0 Å². The second-order valence-electron chi connectivity index (χ2n) is 2.67. The molecule has 0 nitrogen and oxygen atoms in total. The number of rotatable bonds is 0. The fourth-order valence-electron chi connectivity index (χ4n) is 1.10. The van der Waals surface area contributed by atoms with Gasteiger partial charge in [0.1, 0.15) is 0 Å². The van der Waals surface area contributed by atoms with Gasteiger partial charge in [-0.25, -0.2) is 0 Å². The van der Waals surface area contributed by atoms with Crippen LogP contribution in [0.4, 0.5) is 0 Å². The first-order chi connectivity index (χ1) is 4.79. The second-order valence-corrected chi connectivity index (χ2v) is 2.67. The Hall–Kier alpha value is -0.480. The van der Waals surface area contributed by atoms with E-state index >= 15 is 0 Å². The summed E-state index contributed by atoms with van der Waals surface area (Å²) in [7, 11) is 0. The summed E-state index contributed by atoms with van der Waals surface area (Å²) in [5, 5.41) is 0. The van der Waals surface area contributed by atoms with Crippen LogP contribution in [-0.4, -0.2) is 0 Å². The SMILES string of the molecule is CC.CC1=C=CCC(C)C1. The van der Waals surface area contributed by atoms with E-state index in [2.05, 4.69) is 25.7 Å². The van der Waals surface area contributed by atoms with Crippen LogP contribution in [0.5, 0.6) is 0 Å². The maximum Gasteiger partial charge on any atom is -0.0218 e. The Labute approximate surface area is 64.6 Å². The predicted molar refractivity (Wildman–Crippen MR) is 47.0 cm³/mol. The van der Waals surface area contributed by atoms with Crippen LogP contribution in [-0.2, 0) is 0 Å². The van der Waals surface area contributed by atoms with Gasteiger partial charge in [-0.1, -0.05) is 20.8 Å². The third-order valence-electron chi connectivity index (χ3n) is 1.52. The normalized spacial score (nSPS) is 22.8. The summed E-state index contributed by atoms with van der Waals surface area (Å²) < 4.78 is 0. The molecule has 0 aromatic heterocycles. The van der Waals surface area contributed by atoms with E-state index in [1.54, 1.807) is 0 Å². The minimum absolute atomic E-state index is 0.858. The van der Waals surface area contributed by atoms with Gasteiger partial charge in [0.2, 0.25) is 0 Å². The summed E-state index contributed by atoms with van der Waals surface area (Å²) in [5.41, 5.74) is 4.61. The second kappa shape index (κ2) is 5.32. The van der Waals surface area contributed by atoms with Gasteiger partial charge in [0.25, 0.3) is 0 Å². The average Bonchev–Trinajstić information content (AvgIpc) is 1.91. The van der Waals surface area contributed by atoms with Crippen molar-refractivity contribution in [1.82, 2.24) is 0 Å². The highest BCUT2D eigenvalue weighted by Gasteiger charge is 2.02. The van der Waals surface area contributed by atoms with E-state index in [1.165, 1.54) is 18.4 Å². The summed E-state index contributed by atoms with van der Waals surface area (Å²) in [4.78, 5) is 0. The van der Waals surface area contributed by atoms with E-state index in [0.717, 1.165) is 5.92 Å². The molecule has 0 N–H and O–H groups in total. The van der Waals surface area contributed by atoms with E-state index in [1.807, 2.05) is 13.8 Å². The van der Waals surface area contributed by atoms with Gasteiger partial charge in [0, 0.05) is 0 Å². The van der Waals surface area contributed by atoms with Crippen LogP contribution < -0.4 is 0 Å². The zero-order valence-corrected chi connectivity index (χ0v) is 7.57. The Bertz CT molecular complexity index is 136. The van der Waals surface area contributed by atoms with Gasteiger partial charge in [0.05, 0.1) is 0 Å². The number of allylic oxidation sites excluding steroid dienone is 1. The van der Waals surface area contributed by atoms with Crippen molar-refractivity contribution in [2.24, 2.45) is 5.92 Å². The molecule has 0 spiro atoms. The van der Waals surface area contributed by atoms with Gasteiger partial charge < -0.3 is 0 Å². The van der Waals surface area contributed by atoms with E-state index < -0.39 is 0 Å². The molecule has 0 fully saturated rings. The first-order valence-electron chi connectivity index (χ1n) is 4.19. The molecular formula is C10H18. The molecule has 1 unspecified atom stereocenters. The van der Waals surface area contributed by atoms with Gasteiger partial charge >= 0.3 is 0 Å². The fraction of sp³-hybridized carbons (Fsp3) is 0.700. The molecule has 0 saturated carbocycles. The highest BCUT2D eigenvalue weighted by Crippen LogP contribution is 2.17. The molecular weight excluding hydrogens is 120 g/mol. The highest BCUT2D eigenvalue weighted by molar-refractivity contribution is 5.03. The third-order valence-corrected chi connectivity index (χ3v) is 1.52. The van der Waals surface area contributed by atoms with Crippen molar-refractivity contribution < 1.29 is 0 Å². The van der Waals surface area contributed by atoms with E-state index in [-0.39, 0.29) is 0 Å². The molecule has 0 heterocycles. The molecule has 1 aliphatic rings. The van der Waals surface area contributed by atoms with Crippen molar-refractivity contribution in [3.05, 3.63) is 17.4 Å². The molecule has 58 valence electrons. The molecule has 10 heavy (non-hydrogen) atoms. The molecule has 0 bridgehead atoms. The molecule has 0 radical (unpaired) electrons. The Morgan fingerprint density at radius 3 is 2.40 bits per heavy atom. The standard InChI is InChI=1S/C8H12.C2H6/c1-7-4-3-5-8(2)6-7;1-2/h3,7H,4,6H2,1-2H3;1-2H3. The molecule has 0 amide bonds. The monoisotopic (exact) mass is 138 g/mol. The first kappa shape index (κ1) is 9.52. The summed E-state index contributed by atoms with van der Waals surface area (Å²) in [6.07, 6.45) is 4.61. The van der Waals surface area contributed by atoms with Crippen LogP contribution in [0.15, 0.2) is 17.4 Å². The molecule has 0 aromatic rings. The van der Waals surface area contributed by atoms with Gasteiger partial charge in [-0.15, -0.1) is 5.73 Å². The van der Waals surface area contributed by atoms with Gasteiger partial charge in [-0.3, -0.25) is 0 Å². The van der Waals surface area contributed by atoms with Crippen molar-refractivity contribution in [2.45, 2.75) is 40.5 Å². The van der Waals surface area contributed by atoms with Gasteiger partial charge in [-0.05, 0) is 37.3 Å². The van der Waals surface area contributed by atoms with Crippen molar-refractivity contribution >= 4 is 0 Å². The Morgan fingerprint density at radius 2 is 2.10 bits per heavy atom. The van der Waals surface area contributed by atoms with Crippen LogP contribution in [0, 0.1) is 5.92 Å². The fourth-order valence-corrected chi connectivity index (χ4v) is 1.10. The molecule has 0 saturated heterocycles. The predicted octanol–water partition coefficient (Wildman–Crippen LogP) is 3.54.